The molecule has 0 saturated carbocycles. The van der Waals surface area contributed by atoms with E-state index in [1.165, 1.54) is 4.90 Å². The van der Waals surface area contributed by atoms with E-state index in [-0.39, 0.29) is 12.6 Å². The van der Waals surface area contributed by atoms with Crippen LogP contribution in [-0.4, -0.2) is 41.4 Å². The zero-order valence-corrected chi connectivity index (χ0v) is 8.80. The molecule has 1 unspecified atom stereocenters. The maximum Gasteiger partial charge on any atom is 0.401 e. The fourth-order valence-electron chi connectivity index (χ4n) is 1.09. The summed E-state index contributed by atoms with van der Waals surface area (Å²) in [6.45, 7) is 4.24. The molecule has 5 heteroatoms. The van der Waals surface area contributed by atoms with E-state index in [2.05, 4.69) is 0 Å². The fraction of sp³-hybridized carbons (Fsp3) is 1.00. The number of hydrogen-bond acceptors (Lipinski definition) is 2. The second-order valence-electron chi connectivity index (χ2n) is 3.70. The van der Waals surface area contributed by atoms with Gasteiger partial charge in [-0.25, -0.2) is 0 Å². The lowest BCUT2D eigenvalue weighted by atomic mass is 10.2. The van der Waals surface area contributed by atoms with Crippen LogP contribution in [0.3, 0.4) is 0 Å². The van der Waals surface area contributed by atoms with E-state index in [1.54, 1.807) is 20.8 Å². The number of rotatable bonds is 5. The van der Waals surface area contributed by atoms with Crippen molar-refractivity contribution < 1.29 is 18.3 Å². The van der Waals surface area contributed by atoms with Crippen LogP contribution in [0.2, 0.25) is 0 Å². The summed E-state index contributed by atoms with van der Waals surface area (Å²) in [6, 6.07) is -0.210. The molecular formula is C9H18F3NO. The Morgan fingerprint density at radius 1 is 1.29 bits per heavy atom. The predicted octanol–water partition coefficient (Wildman–Crippen LogP) is 2.03. The van der Waals surface area contributed by atoms with Gasteiger partial charge in [-0.05, 0) is 20.3 Å². The van der Waals surface area contributed by atoms with Gasteiger partial charge in [0.2, 0.25) is 0 Å². The van der Waals surface area contributed by atoms with Crippen molar-refractivity contribution in [1.82, 2.24) is 4.90 Å². The Labute approximate surface area is 82.7 Å². The summed E-state index contributed by atoms with van der Waals surface area (Å²) in [6.07, 6.45) is -4.40. The van der Waals surface area contributed by atoms with Gasteiger partial charge < -0.3 is 5.11 Å². The molecule has 0 spiro atoms. The molecule has 0 aromatic rings. The number of halogens is 3. The topological polar surface area (TPSA) is 23.5 Å². The third-order valence-electron chi connectivity index (χ3n) is 2.03. The summed E-state index contributed by atoms with van der Waals surface area (Å²) in [5, 5.41) is 9.27. The summed E-state index contributed by atoms with van der Waals surface area (Å²) in [7, 11) is 0. The van der Waals surface area contributed by atoms with Crippen LogP contribution in [0.25, 0.3) is 0 Å². The molecule has 0 saturated heterocycles. The molecule has 0 heterocycles. The van der Waals surface area contributed by atoms with Crippen molar-refractivity contribution in [3.63, 3.8) is 0 Å². The first-order chi connectivity index (χ1) is 6.26. The van der Waals surface area contributed by atoms with Crippen LogP contribution < -0.4 is 0 Å². The number of hydrogen-bond donors (Lipinski definition) is 1. The van der Waals surface area contributed by atoms with E-state index in [9.17, 15) is 18.3 Å². The smallest absolute Gasteiger partial charge is 0.392 e. The highest BCUT2D eigenvalue weighted by atomic mass is 19.4. The lowest BCUT2D eigenvalue weighted by Gasteiger charge is -2.29. The molecule has 0 aliphatic carbocycles. The van der Waals surface area contributed by atoms with Gasteiger partial charge >= 0.3 is 6.18 Å². The first-order valence-corrected chi connectivity index (χ1v) is 4.75. The van der Waals surface area contributed by atoms with Crippen molar-refractivity contribution in [2.24, 2.45) is 0 Å². The first-order valence-electron chi connectivity index (χ1n) is 4.75. The summed E-state index contributed by atoms with van der Waals surface area (Å²) in [5.41, 5.74) is 0. The van der Waals surface area contributed by atoms with Crippen LogP contribution in [0, 0.1) is 0 Å². The Bertz CT molecular complexity index is 159. The maximum atomic E-state index is 12.1. The Kier molecular flexibility index (Phi) is 5.44. The Morgan fingerprint density at radius 3 is 2.07 bits per heavy atom. The second kappa shape index (κ2) is 5.56. The van der Waals surface area contributed by atoms with Crippen LogP contribution in [-0.2, 0) is 0 Å². The van der Waals surface area contributed by atoms with Crippen LogP contribution in [0.1, 0.15) is 27.2 Å². The summed E-state index contributed by atoms with van der Waals surface area (Å²) >= 11 is 0. The van der Waals surface area contributed by atoms with Gasteiger partial charge in [-0.3, -0.25) is 4.90 Å². The molecule has 0 bridgehead atoms. The molecule has 2 nitrogen and oxygen atoms in total. The van der Waals surface area contributed by atoms with E-state index in [0.29, 0.717) is 6.42 Å². The number of aliphatic hydroxyl groups excluding tert-OH is 1. The molecular weight excluding hydrogens is 195 g/mol. The third kappa shape index (κ3) is 6.21. The molecule has 1 atom stereocenters. The van der Waals surface area contributed by atoms with E-state index in [1.807, 2.05) is 0 Å². The zero-order chi connectivity index (χ0) is 11.4. The van der Waals surface area contributed by atoms with Gasteiger partial charge in [-0.2, -0.15) is 13.2 Å². The largest absolute Gasteiger partial charge is 0.401 e. The summed E-state index contributed by atoms with van der Waals surface area (Å²) in [5.74, 6) is 0. The standard InChI is InChI=1S/C9H18F3NO/c1-4-8(14)5-13(7(2)3)6-9(10,11)12/h7-8,14H,4-6H2,1-3H3. The van der Waals surface area contributed by atoms with Crippen molar-refractivity contribution in [2.75, 3.05) is 13.1 Å². The van der Waals surface area contributed by atoms with E-state index in [4.69, 9.17) is 0 Å². The number of aliphatic hydroxyl groups is 1. The van der Waals surface area contributed by atoms with Gasteiger partial charge in [0.1, 0.15) is 0 Å². The molecule has 14 heavy (non-hydrogen) atoms. The molecule has 1 N–H and O–H groups in total. The monoisotopic (exact) mass is 213 g/mol. The average Bonchev–Trinajstić information content (AvgIpc) is 2.00. The van der Waals surface area contributed by atoms with Gasteiger partial charge in [0.25, 0.3) is 0 Å². The van der Waals surface area contributed by atoms with Gasteiger partial charge in [0.05, 0.1) is 12.6 Å². The maximum absolute atomic E-state index is 12.1. The molecule has 0 radical (unpaired) electrons. The van der Waals surface area contributed by atoms with Crippen LogP contribution >= 0.6 is 0 Å². The Balaban J connectivity index is 4.16. The SMILES string of the molecule is CCC(O)CN(CC(F)(F)F)C(C)C. The highest BCUT2D eigenvalue weighted by molar-refractivity contribution is 4.70. The normalized spacial score (nSPS) is 15.2. The molecule has 0 aliphatic heterocycles. The Hall–Kier alpha value is -0.290. The first kappa shape index (κ1) is 13.7. The molecule has 0 amide bonds. The molecule has 0 rings (SSSR count). The zero-order valence-electron chi connectivity index (χ0n) is 8.80. The molecule has 0 aromatic heterocycles. The van der Waals surface area contributed by atoms with E-state index in [0.717, 1.165) is 0 Å². The van der Waals surface area contributed by atoms with Crippen LogP contribution in [0.5, 0.6) is 0 Å². The van der Waals surface area contributed by atoms with E-state index >= 15 is 0 Å². The van der Waals surface area contributed by atoms with Gasteiger partial charge in [0, 0.05) is 12.6 Å². The average molecular weight is 213 g/mol. The fourth-order valence-corrected chi connectivity index (χ4v) is 1.09. The van der Waals surface area contributed by atoms with Crippen molar-refractivity contribution in [3.05, 3.63) is 0 Å². The van der Waals surface area contributed by atoms with Gasteiger partial charge in [-0.15, -0.1) is 0 Å². The second-order valence-corrected chi connectivity index (χ2v) is 3.70. The molecule has 86 valence electrons. The van der Waals surface area contributed by atoms with Crippen LogP contribution in [0.4, 0.5) is 13.2 Å². The van der Waals surface area contributed by atoms with Crippen LogP contribution in [0.15, 0.2) is 0 Å². The minimum absolute atomic E-state index is 0.0771. The minimum atomic E-state index is -4.20. The van der Waals surface area contributed by atoms with Crippen molar-refractivity contribution >= 4 is 0 Å². The van der Waals surface area contributed by atoms with Gasteiger partial charge in [0.15, 0.2) is 0 Å². The lowest BCUT2D eigenvalue weighted by Crippen LogP contribution is -2.43. The molecule has 0 fully saturated rings. The molecule has 0 aromatic carbocycles. The minimum Gasteiger partial charge on any atom is -0.392 e. The van der Waals surface area contributed by atoms with Crippen molar-refractivity contribution in [1.29, 1.82) is 0 Å². The number of alkyl halides is 3. The summed E-state index contributed by atoms with van der Waals surface area (Å²) in [4.78, 5) is 1.23. The quantitative estimate of drug-likeness (QED) is 0.755. The Morgan fingerprint density at radius 2 is 1.79 bits per heavy atom. The van der Waals surface area contributed by atoms with E-state index < -0.39 is 18.8 Å². The molecule has 0 aliphatic rings. The lowest BCUT2D eigenvalue weighted by molar-refractivity contribution is -0.152. The summed E-state index contributed by atoms with van der Waals surface area (Å²) < 4.78 is 36.3. The highest BCUT2D eigenvalue weighted by Crippen LogP contribution is 2.18. The predicted molar refractivity (Wildman–Crippen MR) is 49.1 cm³/mol. The highest BCUT2D eigenvalue weighted by Gasteiger charge is 2.32. The third-order valence-corrected chi connectivity index (χ3v) is 2.03. The van der Waals surface area contributed by atoms with Gasteiger partial charge in [-0.1, -0.05) is 6.92 Å². The number of nitrogens with zero attached hydrogens (tertiary/aromatic N) is 1. The van der Waals surface area contributed by atoms with Crippen molar-refractivity contribution in [3.8, 4) is 0 Å². The van der Waals surface area contributed by atoms with Crippen molar-refractivity contribution in [2.45, 2.75) is 45.5 Å².